The Morgan fingerprint density at radius 1 is 1.07 bits per heavy atom. The third kappa shape index (κ3) is 5.41. The first kappa shape index (κ1) is 22.8. The number of hydrazone groups is 1. The highest BCUT2D eigenvalue weighted by Crippen LogP contribution is 2.28. The molecule has 0 aliphatic rings. The normalized spacial score (nSPS) is 11.2. The van der Waals surface area contributed by atoms with E-state index in [0.717, 1.165) is 28.2 Å². The van der Waals surface area contributed by atoms with Crippen molar-refractivity contribution in [3.8, 4) is 5.69 Å². The Morgan fingerprint density at radius 3 is 2.43 bits per heavy atom. The number of carbonyl (C=O) groups is 1. The molecule has 0 saturated carbocycles. The van der Waals surface area contributed by atoms with E-state index in [0.29, 0.717) is 20.8 Å². The zero-order chi connectivity index (χ0) is 21.7. The van der Waals surface area contributed by atoms with Crippen LogP contribution in [0.4, 0.5) is 0 Å². The highest BCUT2D eigenvalue weighted by Gasteiger charge is 2.12. The van der Waals surface area contributed by atoms with E-state index in [1.807, 2.05) is 44.2 Å². The van der Waals surface area contributed by atoms with Crippen LogP contribution in [0.1, 0.15) is 22.5 Å². The largest absolute Gasteiger partial charge is 0.316 e. The Kier molecular flexibility index (Phi) is 7.89. The molecule has 0 atom stereocenters. The molecule has 3 rings (SSSR count). The number of hydrogen-bond donors (Lipinski definition) is 1. The summed E-state index contributed by atoms with van der Waals surface area (Å²) in [6.07, 6.45) is 1.64. The smallest absolute Gasteiger partial charge is 0.250 e. The molecule has 0 aliphatic carbocycles. The van der Waals surface area contributed by atoms with Gasteiger partial charge in [0.25, 0.3) is 0 Å². The number of halogens is 3. The predicted octanol–water partition coefficient (Wildman–Crippen LogP) is 6.44. The Labute approximate surface area is 195 Å². The van der Waals surface area contributed by atoms with Crippen molar-refractivity contribution in [3.05, 3.63) is 86.1 Å². The van der Waals surface area contributed by atoms with Crippen LogP contribution in [-0.2, 0) is 10.5 Å². The van der Waals surface area contributed by atoms with Crippen molar-refractivity contribution in [2.24, 2.45) is 5.10 Å². The van der Waals surface area contributed by atoms with Crippen molar-refractivity contribution in [2.45, 2.75) is 19.6 Å². The molecule has 3 aromatic rings. The molecule has 0 saturated heterocycles. The minimum Gasteiger partial charge on any atom is -0.316 e. The summed E-state index contributed by atoms with van der Waals surface area (Å²) < 4.78 is 2.06. The van der Waals surface area contributed by atoms with Crippen LogP contribution >= 0.6 is 46.6 Å². The molecule has 1 amide bonds. The molecule has 0 spiro atoms. The molecule has 1 aromatic heterocycles. The fourth-order valence-corrected chi connectivity index (χ4v) is 4.82. The molecular weight excluding hydrogens is 461 g/mol. The van der Waals surface area contributed by atoms with Gasteiger partial charge in [-0.15, -0.1) is 11.8 Å². The van der Waals surface area contributed by atoms with Gasteiger partial charge in [0.15, 0.2) is 0 Å². The zero-order valence-corrected chi connectivity index (χ0v) is 19.5. The van der Waals surface area contributed by atoms with Crippen LogP contribution < -0.4 is 5.43 Å². The second-order valence-corrected chi connectivity index (χ2v) is 8.81. The summed E-state index contributed by atoms with van der Waals surface area (Å²) in [4.78, 5) is 12.1. The lowest BCUT2D eigenvalue weighted by Crippen LogP contribution is -2.19. The number of aromatic nitrogens is 1. The lowest BCUT2D eigenvalue weighted by atomic mass is 10.2. The second-order valence-electron chi connectivity index (χ2n) is 6.60. The van der Waals surface area contributed by atoms with Crippen molar-refractivity contribution in [1.82, 2.24) is 9.99 Å². The first-order chi connectivity index (χ1) is 14.4. The fraction of sp³-hybridized carbons (Fsp3) is 0.182. The highest BCUT2D eigenvalue weighted by atomic mass is 35.5. The zero-order valence-electron chi connectivity index (χ0n) is 16.5. The number of nitrogens with one attached hydrogen (secondary N) is 1. The van der Waals surface area contributed by atoms with Crippen LogP contribution in [0.25, 0.3) is 5.69 Å². The summed E-state index contributed by atoms with van der Waals surface area (Å²) in [5.74, 6) is 0.603. The summed E-state index contributed by atoms with van der Waals surface area (Å²) in [5, 5.41) is 5.97. The lowest BCUT2D eigenvalue weighted by Gasteiger charge is -2.11. The molecule has 0 bridgehead atoms. The molecule has 30 heavy (non-hydrogen) atoms. The maximum Gasteiger partial charge on any atom is 0.250 e. The van der Waals surface area contributed by atoms with Gasteiger partial charge < -0.3 is 4.57 Å². The van der Waals surface area contributed by atoms with E-state index >= 15 is 0 Å². The van der Waals surface area contributed by atoms with Crippen molar-refractivity contribution in [3.63, 3.8) is 0 Å². The van der Waals surface area contributed by atoms with Gasteiger partial charge in [-0.1, -0.05) is 53.0 Å². The monoisotopic (exact) mass is 479 g/mol. The first-order valence-electron chi connectivity index (χ1n) is 9.15. The molecule has 1 heterocycles. The highest BCUT2D eigenvalue weighted by molar-refractivity contribution is 7.99. The Balaban J connectivity index is 1.59. The van der Waals surface area contributed by atoms with Gasteiger partial charge in [-0.05, 0) is 49.7 Å². The van der Waals surface area contributed by atoms with Gasteiger partial charge >= 0.3 is 0 Å². The number of thioether (sulfide) groups is 1. The van der Waals surface area contributed by atoms with Gasteiger partial charge in [-0.25, -0.2) is 5.43 Å². The Morgan fingerprint density at radius 2 is 1.73 bits per heavy atom. The van der Waals surface area contributed by atoms with Gasteiger partial charge in [0.2, 0.25) is 5.91 Å². The van der Waals surface area contributed by atoms with Crippen LogP contribution in [0.5, 0.6) is 0 Å². The van der Waals surface area contributed by atoms with Crippen molar-refractivity contribution < 1.29 is 4.79 Å². The van der Waals surface area contributed by atoms with Gasteiger partial charge in [0.1, 0.15) is 0 Å². The van der Waals surface area contributed by atoms with E-state index in [1.165, 1.54) is 11.8 Å². The number of aryl methyl sites for hydroxylation is 1. The molecule has 1 N–H and O–H groups in total. The number of rotatable bonds is 7. The van der Waals surface area contributed by atoms with E-state index < -0.39 is 0 Å². The second kappa shape index (κ2) is 10.4. The molecule has 156 valence electrons. The maximum absolute atomic E-state index is 12.1. The average Bonchev–Trinajstić information content (AvgIpc) is 2.98. The van der Waals surface area contributed by atoms with Crippen LogP contribution in [0.3, 0.4) is 0 Å². The maximum atomic E-state index is 12.1. The van der Waals surface area contributed by atoms with Gasteiger partial charge in [-0.3, -0.25) is 4.79 Å². The summed E-state index contributed by atoms with van der Waals surface area (Å²) in [6.45, 7) is 3.99. The van der Waals surface area contributed by atoms with E-state index in [1.54, 1.807) is 24.4 Å². The fourth-order valence-electron chi connectivity index (χ4n) is 3.04. The van der Waals surface area contributed by atoms with Gasteiger partial charge in [-0.2, -0.15) is 5.10 Å². The summed E-state index contributed by atoms with van der Waals surface area (Å²) in [6, 6.07) is 15.0. The average molecular weight is 481 g/mol. The number of para-hydroxylation sites is 1. The number of benzene rings is 2. The Hall–Kier alpha value is -1.92. The molecule has 0 radical (unpaired) electrons. The number of amides is 1. The molecule has 0 unspecified atom stereocenters. The number of hydrogen-bond acceptors (Lipinski definition) is 3. The van der Waals surface area contributed by atoms with Crippen LogP contribution in [0, 0.1) is 13.8 Å². The molecule has 0 fully saturated rings. The summed E-state index contributed by atoms with van der Waals surface area (Å²) in [7, 11) is 0. The van der Waals surface area contributed by atoms with E-state index in [4.69, 9.17) is 34.8 Å². The van der Waals surface area contributed by atoms with Crippen LogP contribution in [-0.4, -0.2) is 22.4 Å². The van der Waals surface area contributed by atoms with Crippen LogP contribution in [0.15, 0.2) is 53.6 Å². The number of carbonyl (C=O) groups excluding carboxylic acids is 1. The minimum absolute atomic E-state index is 0.195. The lowest BCUT2D eigenvalue weighted by molar-refractivity contribution is -0.118. The van der Waals surface area contributed by atoms with Crippen LogP contribution in [0.2, 0.25) is 15.1 Å². The Bertz CT molecular complexity index is 1070. The van der Waals surface area contributed by atoms with E-state index in [9.17, 15) is 4.79 Å². The standard InChI is InChI=1S/C22H20Cl3N3OS/c1-14-10-16(15(2)28(14)21-9-4-3-6-20(21)25)11-26-27-22(29)13-30-12-17-18(23)7-5-8-19(17)24/h3-11H,12-13H2,1-2H3,(H,27,29)/b26-11-. The summed E-state index contributed by atoms with van der Waals surface area (Å²) >= 11 is 20.1. The van der Waals surface area contributed by atoms with Crippen molar-refractivity contribution >= 4 is 58.7 Å². The SMILES string of the molecule is Cc1cc(/C=N\NC(=O)CSCc2c(Cl)cccc2Cl)c(C)n1-c1ccccc1Cl. The first-order valence-corrected chi connectivity index (χ1v) is 11.4. The quantitative estimate of drug-likeness (QED) is 0.312. The van der Waals surface area contributed by atoms with E-state index in [-0.39, 0.29) is 11.7 Å². The summed E-state index contributed by atoms with van der Waals surface area (Å²) in [5.41, 5.74) is 7.22. The van der Waals surface area contributed by atoms with Crippen molar-refractivity contribution in [2.75, 3.05) is 5.75 Å². The molecule has 0 aliphatic heterocycles. The molecule has 4 nitrogen and oxygen atoms in total. The topological polar surface area (TPSA) is 46.4 Å². The van der Waals surface area contributed by atoms with Gasteiger partial charge in [0.05, 0.1) is 22.7 Å². The molecule has 2 aromatic carbocycles. The minimum atomic E-state index is -0.195. The van der Waals surface area contributed by atoms with Crippen molar-refractivity contribution in [1.29, 1.82) is 0 Å². The third-order valence-electron chi connectivity index (χ3n) is 4.50. The third-order valence-corrected chi connectivity index (χ3v) is 6.48. The number of nitrogens with zero attached hydrogens (tertiary/aromatic N) is 2. The predicted molar refractivity (Wildman–Crippen MR) is 129 cm³/mol. The molecular formula is C22H20Cl3N3OS. The van der Waals surface area contributed by atoms with Gasteiger partial charge in [0, 0.05) is 32.7 Å². The van der Waals surface area contributed by atoms with E-state index in [2.05, 4.69) is 15.1 Å². The molecule has 8 heteroatoms.